The smallest absolute Gasteiger partial charge is 0.247 e. The fourth-order valence-electron chi connectivity index (χ4n) is 15.1. The molecule has 0 saturated carbocycles. The first-order valence-corrected chi connectivity index (χ1v) is 35.3. The highest BCUT2D eigenvalue weighted by Crippen LogP contribution is 2.55. The second-order valence-corrected chi connectivity index (χ2v) is 28.9. The summed E-state index contributed by atoms with van der Waals surface area (Å²) in [5.74, 6) is 0.378. The molecule has 4 nitrogen and oxygen atoms in total. The van der Waals surface area contributed by atoms with Gasteiger partial charge in [0.15, 0.2) is 0 Å². The Bertz CT molecular complexity index is 5200. The Morgan fingerprint density at radius 1 is 0.554 bits per heavy atom. The third-order valence-corrected chi connectivity index (χ3v) is 24.2. The number of aromatic nitrogens is 2. The van der Waals surface area contributed by atoms with Gasteiger partial charge in [-0.25, -0.2) is 0 Å². The van der Waals surface area contributed by atoms with Crippen LogP contribution in [0, 0.1) is 11.8 Å². The molecule has 5 aliphatic heterocycles. The molecule has 7 heterocycles. The lowest BCUT2D eigenvalue weighted by molar-refractivity contribution is 0.557. The summed E-state index contributed by atoms with van der Waals surface area (Å²) in [5.41, 5.74) is 21.9. The predicted molar refractivity (Wildman–Crippen MR) is 401 cm³/mol. The van der Waals surface area contributed by atoms with Crippen LogP contribution in [0.4, 0.5) is 11.4 Å². The van der Waals surface area contributed by atoms with Crippen LogP contribution in [-0.4, -0.2) is 29.1 Å². The molecular weight excluding hydrogens is 1190 g/mol. The van der Waals surface area contributed by atoms with Crippen molar-refractivity contribution in [3.8, 4) is 16.8 Å². The highest BCUT2D eigenvalue weighted by molar-refractivity contribution is 8.02. The van der Waals surface area contributed by atoms with Crippen molar-refractivity contribution in [3.63, 3.8) is 0 Å². The number of nitrogens with one attached hydrogen (secondary N) is 1. The van der Waals surface area contributed by atoms with E-state index in [4.69, 9.17) is 13.2 Å². The minimum absolute atomic E-state index is 0.0306. The van der Waals surface area contributed by atoms with Gasteiger partial charge in [0.05, 0.1) is 33.4 Å². The van der Waals surface area contributed by atoms with Gasteiger partial charge in [0.25, 0.3) is 0 Å². The van der Waals surface area contributed by atoms with Crippen molar-refractivity contribution in [2.45, 2.75) is 72.8 Å². The maximum Gasteiger partial charge on any atom is 0.247 e. The molecule has 17 rings (SSSR count). The lowest BCUT2D eigenvalue weighted by Gasteiger charge is -2.38. The molecule has 0 aliphatic carbocycles. The van der Waals surface area contributed by atoms with E-state index in [1.54, 1.807) is 0 Å². The molecular formula is C82H64B2N4S4. The zero-order chi connectivity index (χ0) is 61.7. The van der Waals surface area contributed by atoms with Crippen LogP contribution in [0.25, 0.3) is 66.1 Å². The van der Waals surface area contributed by atoms with Crippen LogP contribution in [0.1, 0.15) is 33.6 Å². The Morgan fingerprint density at radius 2 is 1.08 bits per heavy atom. The van der Waals surface area contributed by atoms with E-state index in [0.29, 0.717) is 6.54 Å². The molecule has 5 aliphatic rings. The molecule has 0 bridgehead atoms. The number of hydrogen-bond donors (Lipinski definition) is 1. The maximum absolute atomic E-state index is 4.83. The molecule has 10 aromatic carbocycles. The Hall–Kier alpha value is -8.89. The maximum atomic E-state index is 4.83. The number of rotatable bonds is 11. The van der Waals surface area contributed by atoms with Crippen LogP contribution in [0.2, 0.25) is 0 Å². The predicted octanol–water partition coefficient (Wildman–Crippen LogP) is 18.5. The number of anilines is 2. The molecule has 1 N–H and O–H groups in total. The summed E-state index contributed by atoms with van der Waals surface area (Å²) in [6.07, 6.45) is 21.8. The number of allylic oxidation sites excluding steroid dienone is 10. The quantitative estimate of drug-likeness (QED) is 0.0787. The third kappa shape index (κ3) is 9.18. The lowest BCUT2D eigenvalue weighted by Crippen LogP contribution is -2.58. The van der Waals surface area contributed by atoms with Gasteiger partial charge >= 0.3 is 0 Å². The van der Waals surface area contributed by atoms with Crippen LogP contribution < -0.4 is 43.0 Å². The molecule has 442 valence electrons. The summed E-state index contributed by atoms with van der Waals surface area (Å²) in [4.78, 5) is 12.7. The van der Waals surface area contributed by atoms with Gasteiger partial charge in [-0.05, 0) is 109 Å². The number of nitrogens with zero attached hydrogens (tertiary/aromatic N) is 3. The lowest BCUT2D eigenvalue weighted by atomic mass is 9.36. The molecule has 0 amide bonds. The van der Waals surface area contributed by atoms with Gasteiger partial charge in [0.2, 0.25) is 13.4 Å². The fourth-order valence-corrected chi connectivity index (χ4v) is 20.3. The van der Waals surface area contributed by atoms with Crippen LogP contribution in [0.15, 0.2) is 319 Å². The second-order valence-electron chi connectivity index (χ2n) is 24.7. The molecule has 0 radical (unpaired) electrons. The summed E-state index contributed by atoms with van der Waals surface area (Å²) in [6, 6.07) is 75.5. The van der Waals surface area contributed by atoms with Gasteiger partial charge in [-0.1, -0.05) is 278 Å². The van der Waals surface area contributed by atoms with E-state index >= 15 is 0 Å². The Labute approximate surface area is 556 Å². The monoisotopic (exact) mass is 1250 g/mol. The van der Waals surface area contributed by atoms with Crippen LogP contribution in [-0.2, 0) is 0 Å². The van der Waals surface area contributed by atoms with Gasteiger partial charge < -0.3 is 19.4 Å². The van der Waals surface area contributed by atoms with Crippen molar-refractivity contribution in [2.24, 2.45) is 11.8 Å². The summed E-state index contributed by atoms with van der Waals surface area (Å²) >= 11 is 7.77. The molecule has 2 atom stereocenters. The average Bonchev–Trinajstić information content (AvgIpc) is 0.750. The molecule has 12 aromatic rings. The van der Waals surface area contributed by atoms with Gasteiger partial charge in [-0.15, -0.1) is 0 Å². The molecule has 2 aromatic heterocycles. The second kappa shape index (κ2) is 23.3. The van der Waals surface area contributed by atoms with Gasteiger partial charge in [0, 0.05) is 107 Å². The van der Waals surface area contributed by atoms with E-state index in [1.807, 2.05) is 47.0 Å². The van der Waals surface area contributed by atoms with Crippen molar-refractivity contribution < 1.29 is 0 Å². The van der Waals surface area contributed by atoms with E-state index in [2.05, 4.69) is 295 Å². The summed E-state index contributed by atoms with van der Waals surface area (Å²) in [5, 5.41) is 9.21. The summed E-state index contributed by atoms with van der Waals surface area (Å²) < 4.78 is 5.14. The first-order valence-electron chi connectivity index (χ1n) is 32.1. The van der Waals surface area contributed by atoms with Crippen LogP contribution >= 0.6 is 47.0 Å². The first kappa shape index (κ1) is 57.0. The molecule has 0 saturated heterocycles. The highest BCUT2D eigenvalue weighted by Gasteiger charge is 2.44. The van der Waals surface area contributed by atoms with E-state index in [1.165, 1.54) is 121 Å². The van der Waals surface area contributed by atoms with Gasteiger partial charge in [-0.2, -0.15) is 0 Å². The average molecular weight is 1260 g/mol. The number of benzene rings is 10. The van der Waals surface area contributed by atoms with Gasteiger partial charge in [-0.3, -0.25) is 0 Å². The minimum Gasteiger partial charge on any atom is -0.381 e. The Morgan fingerprint density at radius 3 is 1.68 bits per heavy atom. The Balaban J connectivity index is 0.918. The van der Waals surface area contributed by atoms with Crippen LogP contribution in [0.3, 0.4) is 0 Å². The van der Waals surface area contributed by atoms with E-state index in [0.717, 1.165) is 52.3 Å². The van der Waals surface area contributed by atoms with E-state index in [9.17, 15) is 0 Å². The zero-order valence-electron chi connectivity index (χ0n) is 51.6. The molecule has 92 heavy (non-hydrogen) atoms. The van der Waals surface area contributed by atoms with Gasteiger partial charge in [0.1, 0.15) is 0 Å². The highest BCUT2D eigenvalue weighted by atomic mass is 32.2. The van der Waals surface area contributed by atoms with Crippen molar-refractivity contribution >= 4 is 154 Å². The number of hydrogen-bond acceptors (Lipinski definition) is 6. The summed E-state index contributed by atoms with van der Waals surface area (Å²) in [6.45, 7) is 17.2. The Kier molecular flexibility index (Phi) is 14.5. The number of fused-ring (bicyclic) bond motifs is 14. The van der Waals surface area contributed by atoms with Crippen molar-refractivity contribution in [2.75, 3.05) is 16.8 Å². The molecule has 10 heteroatoms. The molecule has 0 fully saturated rings. The van der Waals surface area contributed by atoms with Crippen molar-refractivity contribution in [3.05, 3.63) is 279 Å². The standard InChI is InChI=1S/C82H64B2N4S4/c1-6-7-39-64(87-65-40-19-12-31-55(65)56-32-13-20-41-66(56)87)54(5)51(2)28-27-48-85-63-49-74-78-81(91-72-46-24-17-37-61(72)83(78)59-35-15-22-44-70(59)89-74)76(63)77-69(50-75-79-82(77)92-73-47-25-18-38-62(73)84(79)60-36-16-23-45-71(60)90-75)88-67-42-21-14-33-57(67)58-34-26-43-68(80(58)88)86-52(3)29-10-8-9-11-30-53(86)4/h6-10,12-29,31-47,49-51,54,85H,3-4,11,30,48H2,1-2,5H3/b7-6-,9-8-,28-27-,29-10-,64-39+/t51?,54-/m0/s1. The topological polar surface area (TPSA) is 25.1 Å². The van der Waals surface area contributed by atoms with Crippen molar-refractivity contribution in [1.29, 1.82) is 0 Å². The number of para-hydroxylation sites is 4. The zero-order valence-corrected chi connectivity index (χ0v) is 54.8. The summed E-state index contributed by atoms with van der Waals surface area (Å²) in [7, 11) is 0. The molecule has 0 spiro atoms. The normalized spacial score (nSPS) is 16.2. The third-order valence-electron chi connectivity index (χ3n) is 19.5. The van der Waals surface area contributed by atoms with Crippen molar-refractivity contribution in [1.82, 2.24) is 9.13 Å². The van der Waals surface area contributed by atoms with E-state index < -0.39 is 0 Å². The van der Waals surface area contributed by atoms with Crippen LogP contribution in [0.5, 0.6) is 0 Å². The minimum atomic E-state index is 0.0306. The van der Waals surface area contributed by atoms with E-state index in [-0.39, 0.29) is 25.3 Å². The first-order chi connectivity index (χ1) is 45.3. The SMILES string of the molecule is C=C1/C=C\C=C/CCC(=C)N1c1cccc2c3ccccc3n(-c3cc4c5c(c3-c3c(NC/C=C\C(C)[C@H](C)/C(=C\C=C/C)n6c7ccccc7c7ccccc76)cc6c7c3Sc3ccccc3B7c3ccccc3S6)Sc3ccccc3B5c3ccccc3S4)c12. The molecule has 1 unspecified atom stereocenters. The fraction of sp³-hybridized carbons (Fsp3) is 0.0976. The largest absolute Gasteiger partial charge is 0.381 e.